The molecule has 8 heteroatoms. The number of hydrogen-bond donors (Lipinski definition) is 1. The molecule has 0 aliphatic heterocycles. The van der Waals surface area contributed by atoms with Crippen molar-refractivity contribution in [1.82, 2.24) is 5.43 Å². The second-order valence-electron chi connectivity index (χ2n) is 6.35. The average molecular weight is 424 g/mol. The lowest BCUT2D eigenvalue weighted by atomic mass is 10.2. The number of nitrogens with zero attached hydrogens (tertiary/aromatic N) is 1. The molecule has 0 radical (unpaired) electrons. The highest BCUT2D eigenvalue weighted by Gasteiger charge is 2.16. The third-order valence-corrected chi connectivity index (χ3v) is 5.39. The Labute approximate surface area is 175 Å². The van der Waals surface area contributed by atoms with E-state index in [1.807, 2.05) is 6.92 Å². The first-order valence-electron chi connectivity index (χ1n) is 8.96. The van der Waals surface area contributed by atoms with Crippen LogP contribution in [-0.4, -0.2) is 27.6 Å². The maximum Gasteiger partial charge on any atom is 0.339 e. The SMILES string of the molecule is COc1ccc(C(=O)N/N=C/c2ccc(OS(=O)(=O)c3ccc(C)cc3)cc2)cc1. The number of nitrogens with one attached hydrogen (secondary N) is 1. The van der Waals surface area contributed by atoms with Crippen molar-refractivity contribution in [2.24, 2.45) is 5.10 Å². The van der Waals surface area contributed by atoms with Gasteiger partial charge in [-0.05, 0) is 73.2 Å². The first-order valence-corrected chi connectivity index (χ1v) is 10.4. The van der Waals surface area contributed by atoms with E-state index in [-0.39, 0.29) is 16.6 Å². The number of hydrogen-bond acceptors (Lipinski definition) is 6. The van der Waals surface area contributed by atoms with Crippen molar-refractivity contribution in [2.75, 3.05) is 7.11 Å². The Morgan fingerprint density at radius 1 is 0.900 bits per heavy atom. The molecule has 0 atom stereocenters. The third kappa shape index (κ3) is 5.45. The quantitative estimate of drug-likeness (QED) is 0.356. The highest BCUT2D eigenvalue weighted by molar-refractivity contribution is 7.87. The van der Waals surface area contributed by atoms with Crippen molar-refractivity contribution < 1.29 is 22.1 Å². The average Bonchev–Trinajstić information content (AvgIpc) is 2.75. The molecule has 0 fully saturated rings. The molecule has 154 valence electrons. The predicted octanol–water partition coefficient (Wildman–Crippen LogP) is 3.54. The van der Waals surface area contributed by atoms with Crippen LogP contribution in [0.25, 0.3) is 0 Å². The van der Waals surface area contributed by atoms with Crippen LogP contribution in [0.4, 0.5) is 0 Å². The molecule has 0 aromatic heterocycles. The summed E-state index contributed by atoms with van der Waals surface area (Å²) in [7, 11) is -2.36. The Bertz CT molecular complexity index is 1140. The fourth-order valence-corrected chi connectivity index (χ4v) is 3.39. The van der Waals surface area contributed by atoms with Crippen molar-refractivity contribution in [1.29, 1.82) is 0 Å². The van der Waals surface area contributed by atoms with Crippen LogP contribution in [0.1, 0.15) is 21.5 Å². The molecule has 30 heavy (non-hydrogen) atoms. The standard InChI is InChI=1S/C22H20N2O5S/c1-16-3-13-21(14-4-16)30(26,27)29-20-9-5-17(6-10-20)15-23-24-22(25)18-7-11-19(28-2)12-8-18/h3-15H,1-2H3,(H,24,25)/b23-15+. The second kappa shape index (κ2) is 9.23. The first-order chi connectivity index (χ1) is 14.4. The number of amides is 1. The summed E-state index contributed by atoms with van der Waals surface area (Å²) >= 11 is 0. The van der Waals surface area contributed by atoms with Crippen molar-refractivity contribution in [3.05, 3.63) is 89.5 Å². The van der Waals surface area contributed by atoms with Gasteiger partial charge in [-0.25, -0.2) is 5.43 Å². The molecule has 3 aromatic rings. The number of methoxy groups -OCH3 is 1. The second-order valence-corrected chi connectivity index (χ2v) is 7.89. The van der Waals surface area contributed by atoms with E-state index in [0.717, 1.165) is 5.56 Å². The van der Waals surface area contributed by atoms with Gasteiger partial charge in [0.15, 0.2) is 0 Å². The number of benzene rings is 3. The summed E-state index contributed by atoms with van der Waals surface area (Å²) in [5.74, 6) is 0.467. The Morgan fingerprint density at radius 3 is 2.10 bits per heavy atom. The Balaban J connectivity index is 1.59. The number of carbonyl (C=O) groups is 1. The van der Waals surface area contributed by atoms with Crippen LogP contribution < -0.4 is 14.3 Å². The van der Waals surface area contributed by atoms with Gasteiger partial charge in [-0.2, -0.15) is 13.5 Å². The maximum absolute atomic E-state index is 12.3. The number of ether oxygens (including phenoxy) is 1. The Kier molecular flexibility index (Phi) is 6.48. The van der Waals surface area contributed by atoms with Crippen molar-refractivity contribution in [2.45, 2.75) is 11.8 Å². The van der Waals surface area contributed by atoms with Crippen LogP contribution in [0.2, 0.25) is 0 Å². The first kappa shape index (κ1) is 21.1. The lowest BCUT2D eigenvalue weighted by Gasteiger charge is -2.07. The summed E-state index contributed by atoms with van der Waals surface area (Å²) in [6.07, 6.45) is 1.44. The Morgan fingerprint density at radius 2 is 1.50 bits per heavy atom. The number of carbonyl (C=O) groups excluding carboxylic acids is 1. The molecular formula is C22H20N2O5S. The minimum atomic E-state index is -3.91. The van der Waals surface area contributed by atoms with Gasteiger partial charge in [0, 0.05) is 5.56 Å². The van der Waals surface area contributed by atoms with Crippen molar-refractivity contribution in [3.63, 3.8) is 0 Å². The molecule has 0 bridgehead atoms. The number of hydrazone groups is 1. The number of aryl methyl sites for hydroxylation is 1. The molecule has 1 N–H and O–H groups in total. The molecule has 3 aromatic carbocycles. The minimum Gasteiger partial charge on any atom is -0.497 e. The van der Waals surface area contributed by atoms with E-state index in [9.17, 15) is 13.2 Å². The summed E-state index contributed by atoms with van der Waals surface area (Å²) < 4.78 is 34.8. The van der Waals surface area contributed by atoms with Crippen molar-refractivity contribution >= 4 is 22.2 Å². The predicted molar refractivity (Wildman–Crippen MR) is 113 cm³/mol. The molecule has 1 amide bonds. The fourth-order valence-electron chi connectivity index (χ4n) is 2.46. The molecule has 0 unspecified atom stereocenters. The highest BCUT2D eigenvalue weighted by atomic mass is 32.2. The summed E-state index contributed by atoms with van der Waals surface area (Å²) in [5, 5.41) is 3.91. The molecule has 0 spiro atoms. The molecule has 0 heterocycles. The zero-order valence-electron chi connectivity index (χ0n) is 16.4. The van der Waals surface area contributed by atoms with Gasteiger partial charge in [0.05, 0.1) is 13.3 Å². The van der Waals surface area contributed by atoms with Gasteiger partial charge in [0.2, 0.25) is 0 Å². The van der Waals surface area contributed by atoms with E-state index in [4.69, 9.17) is 8.92 Å². The van der Waals surface area contributed by atoms with Crippen LogP contribution in [0.15, 0.2) is 82.8 Å². The third-order valence-electron chi connectivity index (χ3n) is 4.13. The fraction of sp³-hybridized carbons (Fsp3) is 0.0909. The van der Waals surface area contributed by atoms with Crippen molar-refractivity contribution in [3.8, 4) is 11.5 Å². The topological polar surface area (TPSA) is 94.1 Å². The van der Waals surface area contributed by atoms with E-state index >= 15 is 0 Å². The molecule has 7 nitrogen and oxygen atoms in total. The van der Waals surface area contributed by atoms with E-state index in [0.29, 0.717) is 16.9 Å². The van der Waals surface area contributed by atoms with Gasteiger partial charge in [-0.1, -0.05) is 17.7 Å². The molecule has 0 saturated carbocycles. The van der Waals surface area contributed by atoms with Gasteiger partial charge < -0.3 is 8.92 Å². The van der Waals surface area contributed by atoms with E-state index < -0.39 is 10.1 Å². The van der Waals surface area contributed by atoms with Crippen LogP contribution >= 0.6 is 0 Å². The molecule has 3 rings (SSSR count). The highest BCUT2D eigenvalue weighted by Crippen LogP contribution is 2.19. The summed E-state index contributed by atoms with van der Waals surface area (Å²) in [5.41, 5.74) is 4.48. The minimum absolute atomic E-state index is 0.0833. The molecular weight excluding hydrogens is 404 g/mol. The van der Waals surface area contributed by atoms with Gasteiger partial charge >= 0.3 is 10.1 Å². The van der Waals surface area contributed by atoms with E-state index in [1.54, 1.807) is 55.6 Å². The smallest absolute Gasteiger partial charge is 0.339 e. The lowest BCUT2D eigenvalue weighted by Crippen LogP contribution is -2.17. The summed E-state index contributed by atoms with van der Waals surface area (Å²) in [6.45, 7) is 1.87. The normalized spacial score (nSPS) is 11.3. The van der Waals surface area contributed by atoms with Crippen LogP contribution in [0, 0.1) is 6.92 Å². The summed E-state index contributed by atoms with van der Waals surface area (Å²) in [4.78, 5) is 12.1. The van der Waals surface area contributed by atoms with E-state index in [1.165, 1.54) is 30.5 Å². The van der Waals surface area contributed by atoms with Gasteiger partial charge in [0.1, 0.15) is 16.4 Å². The number of rotatable bonds is 7. The largest absolute Gasteiger partial charge is 0.497 e. The molecule has 0 aliphatic carbocycles. The maximum atomic E-state index is 12.3. The lowest BCUT2D eigenvalue weighted by molar-refractivity contribution is 0.0955. The zero-order chi connectivity index (χ0) is 21.6. The van der Waals surface area contributed by atoms with Gasteiger partial charge in [-0.3, -0.25) is 4.79 Å². The van der Waals surface area contributed by atoms with Crippen LogP contribution in [0.3, 0.4) is 0 Å². The summed E-state index contributed by atoms with van der Waals surface area (Å²) in [6, 6.07) is 19.3. The van der Waals surface area contributed by atoms with Crippen LogP contribution in [0.5, 0.6) is 11.5 Å². The monoisotopic (exact) mass is 424 g/mol. The Hall–Kier alpha value is -3.65. The van der Waals surface area contributed by atoms with Gasteiger partial charge in [-0.15, -0.1) is 0 Å². The molecule has 0 aliphatic rings. The molecule has 0 saturated heterocycles. The van der Waals surface area contributed by atoms with Gasteiger partial charge in [0.25, 0.3) is 5.91 Å². The zero-order valence-corrected chi connectivity index (χ0v) is 17.2. The van der Waals surface area contributed by atoms with E-state index in [2.05, 4.69) is 10.5 Å². The van der Waals surface area contributed by atoms with Crippen LogP contribution in [-0.2, 0) is 10.1 Å².